The van der Waals surface area contributed by atoms with Crippen LogP contribution >= 0.6 is 12.4 Å². The largest absolute Gasteiger partial charge is 0.350 e. The summed E-state index contributed by atoms with van der Waals surface area (Å²) in [7, 11) is 0. The van der Waals surface area contributed by atoms with Gasteiger partial charge in [0.2, 0.25) is 11.8 Å². The van der Waals surface area contributed by atoms with E-state index in [1.54, 1.807) is 6.92 Å². The first-order valence-electron chi connectivity index (χ1n) is 6.43. The predicted octanol–water partition coefficient (Wildman–Crippen LogP) is 1.52. The molecule has 0 bridgehead atoms. The molecule has 2 amide bonds. The summed E-state index contributed by atoms with van der Waals surface area (Å²) >= 11 is 0. The summed E-state index contributed by atoms with van der Waals surface area (Å²) < 4.78 is 0. The molecule has 0 aliphatic carbocycles. The van der Waals surface area contributed by atoms with E-state index in [0.29, 0.717) is 12.8 Å². The van der Waals surface area contributed by atoms with Crippen molar-refractivity contribution >= 4 is 29.9 Å². The van der Waals surface area contributed by atoms with E-state index in [1.165, 1.54) is 0 Å². The van der Waals surface area contributed by atoms with E-state index in [0.717, 1.165) is 16.8 Å². The van der Waals surface area contributed by atoms with Crippen LogP contribution in [0.5, 0.6) is 0 Å². The van der Waals surface area contributed by atoms with Gasteiger partial charge in [0.05, 0.1) is 12.5 Å². The summed E-state index contributed by atoms with van der Waals surface area (Å²) in [4.78, 5) is 23.0. The summed E-state index contributed by atoms with van der Waals surface area (Å²) in [5.41, 5.74) is 8.43. The lowest BCUT2D eigenvalue weighted by Crippen LogP contribution is -2.31. The Morgan fingerprint density at radius 1 is 1.45 bits per heavy atom. The zero-order chi connectivity index (χ0) is 14.0. The van der Waals surface area contributed by atoms with E-state index in [-0.39, 0.29) is 36.3 Å². The molecule has 0 saturated carbocycles. The third kappa shape index (κ3) is 3.95. The Kier molecular flexibility index (Phi) is 5.53. The molecule has 20 heavy (non-hydrogen) atoms. The van der Waals surface area contributed by atoms with Gasteiger partial charge in [-0.3, -0.25) is 9.59 Å². The fourth-order valence-corrected chi connectivity index (χ4v) is 2.19. The van der Waals surface area contributed by atoms with Gasteiger partial charge in [-0.15, -0.1) is 12.4 Å². The zero-order valence-corrected chi connectivity index (χ0v) is 12.4. The molecule has 0 saturated heterocycles. The standard InChI is InChI=1S/C14H19N3O2.ClH/c1-8(15)5-13(18)16-9(2)10-3-4-12-11(6-10)7-14(19)17-12;/h3-4,6,8-9H,5,7,15H2,1-2H3,(H,16,18)(H,17,19);1H. The van der Waals surface area contributed by atoms with Crippen LogP contribution in [0.15, 0.2) is 18.2 Å². The van der Waals surface area contributed by atoms with Crippen molar-refractivity contribution < 1.29 is 9.59 Å². The molecule has 1 aromatic carbocycles. The van der Waals surface area contributed by atoms with Crippen molar-refractivity contribution in [3.63, 3.8) is 0 Å². The zero-order valence-electron chi connectivity index (χ0n) is 11.6. The van der Waals surface area contributed by atoms with E-state index in [2.05, 4.69) is 10.6 Å². The molecule has 2 unspecified atom stereocenters. The molecule has 0 radical (unpaired) electrons. The van der Waals surface area contributed by atoms with Gasteiger partial charge in [0, 0.05) is 18.2 Å². The van der Waals surface area contributed by atoms with Crippen LogP contribution in [0.2, 0.25) is 0 Å². The SMILES string of the molecule is CC(N)CC(=O)NC(C)c1ccc2c(c1)CC(=O)N2.Cl. The molecule has 4 N–H and O–H groups in total. The highest BCUT2D eigenvalue weighted by Gasteiger charge is 2.19. The lowest BCUT2D eigenvalue weighted by atomic mass is 10.0. The smallest absolute Gasteiger partial charge is 0.228 e. The molecule has 0 aromatic heterocycles. The van der Waals surface area contributed by atoms with Crippen LogP contribution in [-0.2, 0) is 16.0 Å². The van der Waals surface area contributed by atoms with Gasteiger partial charge < -0.3 is 16.4 Å². The molecule has 6 heteroatoms. The maximum Gasteiger partial charge on any atom is 0.228 e. The van der Waals surface area contributed by atoms with E-state index in [4.69, 9.17) is 5.73 Å². The molecule has 1 aromatic rings. The minimum absolute atomic E-state index is 0. The number of nitrogens with one attached hydrogen (secondary N) is 2. The second-order valence-electron chi connectivity index (χ2n) is 5.11. The molecule has 110 valence electrons. The summed E-state index contributed by atoms with van der Waals surface area (Å²) in [5, 5.41) is 5.69. The minimum Gasteiger partial charge on any atom is -0.350 e. The number of fused-ring (bicyclic) bond motifs is 1. The number of hydrogen-bond donors (Lipinski definition) is 3. The Morgan fingerprint density at radius 3 is 2.80 bits per heavy atom. The van der Waals surface area contributed by atoms with Crippen LogP contribution in [0.4, 0.5) is 5.69 Å². The highest BCUT2D eigenvalue weighted by molar-refractivity contribution is 5.99. The van der Waals surface area contributed by atoms with Gasteiger partial charge >= 0.3 is 0 Å². The molecule has 0 spiro atoms. The van der Waals surface area contributed by atoms with Crippen LogP contribution in [0.3, 0.4) is 0 Å². The van der Waals surface area contributed by atoms with Gasteiger partial charge in [0.25, 0.3) is 0 Å². The number of hydrogen-bond acceptors (Lipinski definition) is 3. The summed E-state index contributed by atoms with van der Waals surface area (Å²) in [6.07, 6.45) is 0.721. The Morgan fingerprint density at radius 2 is 2.15 bits per heavy atom. The molecule has 1 heterocycles. The number of carbonyl (C=O) groups excluding carboxylic acids is 2. The number of nitrogens with two attached hydrogens (primary N) is 1. The minimum atomic E-state index is -0.144. The second-order valence-corrected chi connectivity index (χ2v) is 5.11. The van der Waals surface area contributed by atoms with E-state index < -0.39 is 0 Å². The monoisotopic (exact) mass is 297 g/mol. The molecule has 2 atom stereocenters. The van der Waals surface area contributed by atoms with Crippen LogP contribution in [0.1, 0.15) is 37.4 Å². The Balaban J connectivity index is 0.00000200. The number of halogens is 1. The fraction of sp³-hybridized carbons (Fsp3) is 0.429. The molecular formula is C14H20ClN3O2. The second kappa shape index (κ2) is 6.72. The van der Waals surface area contributed by atoms with Gasteiger partial charge in [0.1, 0.15) is 0 Å². The van der Waals surface area contributed by atoms with Crippen molar-refractivity contribution in [1.82, 2.24) is 5.32 Å². The van der Waals surface area contributed by atoms with Crippen molar-refractivity contribution in [2.24, 2.45) is 5.73 Å². The third-order valence-corrected chi connectivity index (χ3v) is 3.14. The van der Waals surface area contributed by atoms with Gasteiger partial charge in [-0.1, -0.05) is 12.1 Å². The summed E-state index contributed by atoms with van der Waals surface area (Å²) in [5.74, 6) is -0.0435. The molecule has 5 nitrogen and oxygen atoms in total. The average molecular weight is 298 g/mol. The van der Waals surface area contributed by atoms with E-state index in [1.807, 2.05) is 25.1 Å². The van der Waals surface area contributed by atoms with Gasteiger partial charge in [-0.05, 0) is 31.0 Å². The number of rotatable bonds is 4. The number of benzene rings is 1. The quantitative estimate of drug-likeness (QED) is 0.788. The molecule has 0 fully saturated rings. The highest BCUT2D eigenvalue weighted by atomic mass is 35.5. The summed E-state index contributed by atoms with van der Waals surface area (Å²) in [6, 6.07) is 5.52. The lowest BCUT2D eigenvalue weighted by molar-refractivity contribution is -0.122. The van der Waals surface area contributed by atoms with Gasteiger partial charge in [-0.2, -0.15) is 0 Å². The average Bonchev–Trinajstić information content (AvgIpc) is 2.66. The number of amides is 2. The van der Waals surface area contributed by atoms with Crippen molar-refractivity contribution in [2.45, 2.75) is 38.8 Å². The number of anilines is 1. The lowest BCUT2D eigenvalue weighted by Gasteiger charge is -2.16. The predicted molar refractivity (Wildman–Crippen MR) is 80.8 cm³/mol. The van der Waals surface area contributed by atoms with Crippen LogP contribution in [-0.4, -0.2) is 17.9 Å². The Bertz CT molecular complexity index is 517. The van der Waals surface area contributed by atoms with E-state index >= 15 is 0 Å². The summed E-state index contributed by atoms with van der Waals surface area (Å²) in [6.45, 7) is 3.72. The maximum atomic E-state index is 11.7. The third-order valence-electron chi connectivity index (χ3n) is 3.14. The van der Waals surface area contributed by atoms with Crippen LogP contribution in [0.25, 0.3) is 0 Å². The molecule has 1 aliphatic rings. The van der Waals surface area contributed by atoms with Gasteiger partial charge in [-0.25, -0.2) is 0 Å². The first-order valence-corrected chi connectivity index (χ1v) is 6.43. The van der Waals surface area contributed by atoms with E-state index in [9.17, 15) is 9.59 Å². The molecular weight excluding hydrogens is 278 g/mol. The Hall–Kier alpha value is -1.59. The number of carbonyl (C=O) groups is 2. The van der Waals surface area contributed by atoms with Crippen molar-refractivity contribution in [3.8, 4) is 0 Å². The van der Waals surface area contributed by atoms with Crippen LogP contribution in [0, 0.1) is 0 Å². The van der Waals surface area contributed by atoms with Gasteiger partial charge in [0.15, 0.2) is 0 Å². The topological polar surface area (TPSA) is 84.2 Å². The molecule has 2 rings (SSSR count). The Labute approximate surface area is 124 Å². The van der Waals surface area contributed by atoms with Crippen molar-refractivity contribution in [2.75, 3.05) is 5.32 Å². The van der Waals surface area contributed by atoms with Crippen molar-refractivity contribution in [3.05, 3.63) is 29.3 Å². The first-order chi connectivity index (χ1) is 8.95. The van der Waals surface area contributed by atoms with Crippen LogP contribution < -0.4 is 16.4 Å². The van der Waals surface area contributed by atoms with Crippen molar-refractivity contribution in [1.29, 1.82) is 0 Å². The fourth-order valence-electron chi connectivity index (χ4n) is 2.19. The normalized spacial score (nSPS) is 15.7. The highest BCUT2D eigenvalue weighted by Crippen LogP contribution is 2.26. The molecule has 1 aliphatic heterocycles. The first kappa shape index (κ1) is 16.5. The maximum absolute atomic E-state index is 11.7.